The van der Waals surface area contributed by atoms with E-state index >= 15 is 0 Å². The van der Waals surface area contributed by atoms with Gasteiger partial charge < -0.3 is 40.9 Å². The highest BCUT2D eigenvalue weighted by Gasteiger charge is 2.36. The van der Waals surface area contributed by atoms with Crippen LogP contribution in [0.1, 0.15) is 6.92 Å². The summed E-state index contributed by atoms with van der Waals surface area (Å²) in [6.45, 7) is 1.98. The monoisotopic (exact) mass is 562 g/mol. The van der Waals surface area contributed by atoms with Gasteiger partial charge in [0, 0.05) is 61.7 Å². The standard InChI is InChI=1S/C26H34N4O8S/c1-14(13-31)25(35)26(36)23(34)8-27-15-2-4-21-19(6-15)24(29-9-16(32)10-29)20-7-18(3-5-22(20)28-21)39(37,38)30-11-17(33)12-30/h2-7,14,16-17,23,25-27,31-36H,8-13H2,1H3/t14-,23+,25-,26-/m1/s1. The van der Waals surface area contributed by atoms with E-state index in [4.69, 9.17) is 4.98 Å². The molecule has 0 saturated carbocycles. The van der Waals surface area contributed by atoms with Crippen LogP contribution in [-0.4, -0.2) is 118 Å². The normalized spacial score (nSPS) is 20.4. The number of hydrogen-bond acceptors (Lipinski definition) is 11. The molecule has 3 aromatic rings. The van der Waals surface area contributed by atoms with Crippen LogP contribution < -0.4 is 10.2 Å². The Kier molecular flexibility index (Phi) is 7.70. The minimum atomic E-state index is -3.79. The lowest BCUT2D eigenvalue weighted by atomic mass is 9.97. The number of β-amino-alcohol motifs (C(OH)–C–C–N with tert-alkyl or cyclic N) is 2. The lowest BCUT2D eigenvalue weighted by Crippen LogP contribution is -2.53. The van der Waals surface area contributed by atoms with Crippen molar-refractivity contribution in [1.29, 1.82) is 0 Å². The highest BCUT2D eigenvalue weighted by Crippen LogP contribution is 2.39. The van der Waals surface area contributed by atoms with Crippen LogP contribution in [-0.2, 0) is 10.0 Å². The third-order valence-corrected chi connectivity index (χ3v) is 9.32. The molecule has 0 bridgehead atoms. The van der Waals surface area contributed by atoms with Gasteiger partial charge in [-0.15, -0.1) is 0 Å². The number of sulfonamides is 1. The molecule has 13 heteroatoms. The third kappa shape index (κ3) is 5.28. The molecule has 2 saturated heterocycles. The van der Waals surface area contributed by atoms with Gasteiger partial charge in [0.25, 0.3) is 0 Å². The average molecular weight is 563 g/mol. The molecule has 0 aliphatic carbocycles. The molecule has 0 unspecified atom stereocenters. The van der Waals surface area contributed by atoms with Crippen LogP contribution in [0.15, 0.2) is 41.3 Å². The van der Waals surface area contributed by atoms with Crippen molar-refractivity contribution < 1.29 is 39.1 Å². The lowest BCUT2D eigenvalue weighted by Gasteiger charge is -2.39. The summed E-state index contributed by atoms with van der Waals surface area (Å²) in [6.07, 6.45) is -5.25. The van der Waals surface area contributed by atoms with Crippen molar-refractivity contribution in [2.45, 2.75) is 42.3 Å². The van der Waals surface area contributed by atoms with Gasteiger partial charge >= 0.3 is 0 Å². The summed E-state index contributed by atoms with van der Waals surface area (Å²) >= 11 is 0. The second-order valence-corrected chi connectivity index (χ2v) is 12.4. The summed E-state index contributed by atoms with van der Waals surface area (Å²) < 4.78 is 27.4. The SMILES string of the molecule is C[C@H](CO)[C@@H](O)[C@H](O)[C@@H](O)CNc1ccc2nc3ccc(S(=O)(=O)N4CC(O)C4)cc3c(N3CC(O)C3)c2c1. The van der Waals surface area contributed by atoms with E-state index < -0.39 is 46.5 Å². The zero-order valence-electron chi connectivity index (χ0n) is 21.4. The molecule has 39 heavy (non-hydrogen) atoms. The maximum Gasteiger partial charge on any atom is 0.243 e. The Morgan fingerprint density at radius 1 is 0.949 bits per heavy atom. The Bertz CT molecular complexity index is 1460. The first-order chi connectivity index (χ1) is 18.5. The van der Waals surface area contributed by atoms with Crippen LogP contribution in [0.4, 0.5) is 11.4 Å². The number of hydrogen-bond donors (Lipinski definition) is 7. The highest BCUT2D eigenvalue weighted by atomic mass is 32.2. The summed E-state index contributed by atoms with van der Waals surface area (Å²) in [4.78, 5) is 6.76. The zero-order chi connectivity index (χ0) is 28.1. The number of fused-ring (bicyclic) bond motifs is 2. The molecule has 212 valence electrons. The Morgan fingerprint density at radius 3 is 2.18 bits per heavy atom. The van der Waals surface area contributed by atoms with Gasteiger partial charge in [0.15, 0.2) is 0 Å². The summed E-state index contributed by atoms with van der Waals surface area (Å²) in [6, 6.07) is 10.1. The van der Waals surface area contributed by atoms with E-state index in [9.17, 15) is 39.1 Å². The predicted octanol–water partition coefficient (Wildman–Crippen LogP) is -0.943. The second kappa shape index (κ2) is 10.7. The van der Waals surface area contributed by atoms with Crippen LogP contribution in [0.3, 0.4) is 0 Å². The van der Waals surface area contributed by atoms with Gasteiger partial charge in [-0.25, -0.2) is 13.4 Å². The molecule has 0 spiro atoms. The fraction of sp³-hybridized carbons (Fsp3) is 0.500. The minimum Gasteiger partial charge on any atom is -0.396 e. The van der Waals surface area contributed by atoms with Gasteiger partial charge in [-0.3, -0.25) is 0 Å². The van der Waals surface area contributed by atoms with Gasteiger partial charge in [0.05, 0.1) is 46.0 Å². The first kappa shape index (κ1) is 27.9. The van der Waals surface area contributed by atoms with Crippen LogP contribution in [0, 0.1) is 5.92 Å². The lowest BCUT2D eigenvalue weighted by molar-refractivity contribution is -0.0806. The summed E-state index contributed by atoms with van der Waals surface area (Å²) in [7, 11) is -3.79. The Hall–Kier alpha value is -2.62. The minimum absolute atomic E-state index is 0.0486. The Morgan fingerprint density at radius 2 is 1.56 bits per heavy atom. The van der Waals surface area contributed by atoms with Crippen molar-refractivity contribution in [3.05, 3.63) is 36.4 Å². The van der Waals surface area contributed by atoms with E-state index in [1.165, 1.54) is 10.4 Å². The molecule has 3 heterocycles. The molecule has 5 rings (SSSR count). The molecule has 2 aliphatic rings. The predicted molar refractivity (Wildman–Crippen MR) is 145 cm³/mol. The molecule has 4 atom stereocenters. The number of aromatic nitrogens is 1. The largest absolute Gasteiger partial charge is 0.396 e. The molecule has 1 aromatic heterocycles. The van der Waals surface area contributed by atoms with Gasteiger partial charge in [-0.1, -0.05) is 6.92 Å². The van der Waals surface area contributed by atoms with Crippen LogP contribution in [0.25, 0.3) is 21.8 Å². The van der Waals surface area contributed by atoms with Gasteiger partial charge in [-0.05, 0) is 36.4 Å². The van der Waals surface area contributed by atoms with Crippen molar-refractivity contribution in [3.63, 3.8) is 0 Å². The first-order valence-electron chi connectivity index (χ1n) is 12.9. The molecule has 2 fully saturated rings. The van der Waals surface area contributed by atoms with Crippen molar-refractivity contribution >= 4 is 43.2 Å². The maximum absolute atomic E-state index is 13.1. The molecule has 12 nitrogen and oxygen atoms in total. The third-order valence-electron chi connectivity index (χ3n) is 7.49. The zero-order valence-corrected chi connectivity index (χ0v) is 22.2. The second-order valence-electron chi connectivity index (χ2n) is 10.5. The van der Waals surface area contributed by atoms with E-state index in [1.54, 1.807) is 37.3 Å². The molecular formula is C26H34N4O8S. The molecule has 0 amide bonds. The Balaban J connectivity index is 1.49. The van der Waals surface area contributed by atoms with Gasteiger partial charge in [0.2, 0.25) is 10.0 Å². The topological polar surface area (TPSA) is 187 Å². The van der Waals surface area contributed by atoms with E-state index in [2.05, 4.69) is 5.32 Å². The quantitative estimate of drug-likeness (QED) is 0.151. The number of anilines is 2. The molecular weight excluding hydrogens is 528 g/mol. The molecule has 7 N–H and O–H groups in total. The summed E-state index contributed by atoms with van der Waals surface area (Å²) in [5.41, 5.74) is 2.56. The fourth-order valence-corrected chi connectivity index (χ4v) is 6.47. The van der Waals surface area contributed by atoms with Gasteiger partial charge in [0.1, 0.15) is 6.10 Å². The van der Waals surface area contributed by atoms with Gasteiger partial charge in [-0.2, -0.15) is 4.31 Å². The van der Waals surface area contributed by atoms with Crippen molar-refractivity contribution in [2.75, 3.05) is 49.5 Å². The Labute approximate surface area is 225 Å². The number of rotatable bonds is 10. The maximum atomic E-state index is 13.1. The summed E-state index contributed by atoms with van der Waals surface area (Å²) in [5, 5.41) is 63.9. The van der Waals surface area contributed by atoms with Crippen LogP contribution in [0.5, 0.6) is 0 Å². The number of aliphatic hydroxyl groups is 6. The number of nitrogens with one attached hydrogen (secondary N) is 1. The molecule has 2 aliphatic heterocycles. The van der Waals surface area contributed by atoms with E-state index in [1.807, 2.05) is 4.90 Å². The van der Waals surface area contributed by atoms with E-state index in [0.29, 0.717) is 40.6 Å². The number of aliphatic hydroxyl groups excluding tert-OH is 6. The van der Waals surface area contributed by atoms with Crippen molar-refractivity contribution in [3.8, 4) is 0 Å². The number of benzene rings is 2. The molecule has 2 aromatic carbocycles. The number of pyridine rings is 1. The summed E-state index contributed by atoms with van der Waals surface area (Å²) in [5.74, 6) is -0.607. The first-order valence-corrected chi connectivity index (χ1v) is 14.3. The average Bonchev–Trinajstić information content (AvgIpc) is 2.89. The van der Waals surface area contributed by atoms with Crippen molar-refractivity contribution in [2.24, 2.45) is 5.92 Å². The highest BCUT2D eigenvalue weighted by molar-refractivity contribution is 7.89. The van der Waals surface area contributed by atoms with E-state index in [0.717, 1.165) is 5.69 Å². The van der Waals surface area contributed by atoms with Crippen LogP contribution >= 0.6 is 0 Å². The van der Waals surface area contributed by atoms with Crippen molar-refractivity contribution in [1.82, 2.24) is 9.29 Å². The van der Waals surface area contributed by atoms with E-state index in [-0.39, 0.29) is 31.1 Å². The number of nitrogens with zero attached hydrogens (tertiary/aromatic N) is 3. The molecule has 0 radical (unpaired) electrons. The van der Waals surface area contributed by atoms with Crippen LogP contribution in [0.2, 0.25) is 0 Å². The smallest absolute Gasteiger partial charge is 0.243 e. The fourth-order valence-electron chi connectivity index (χ4n) is 4.93.